The van der Waals surface area contributed by atoms with Crippen LogP contribution in [0.2, 0.25) is 0 Å². The highest BCUT2D eigenvalue weighted by atomic mass is 16.2. The van der Waals surface area contributed by atoms with Crippen molar-refractivity contribution in [2.45, 2.75) is 13.5 Å². The molecule has 0 unspecified atom stereocenters. The van der Waals surface area contributed by atoms with Gasteiger partial charge in [-0.25, -0.2) is 0 Å². The fourth-order valence-corrected chi connectivity index (χ4v) is 2.65. The number of nitrogens with one attached hydrogen (secondary N) is 2. The van der Waals surface area contributed by atoms with Crippen molar-refractivity contribution < 1.29 is 9.59 Å². The zero-order valence-corrected chi connectivity index (χ0v) is 15.6. The maximum Gasteiger partial charge on any atom is 0.257 e. The van der Waals surface area contributed by atoms with Gasteiger partial charge >= 0.3 is 0 Å². The maximum atomic E-state index is 12.2. The van der Waals surface area contributed by atoms with E-state index < -0.39 is 0 Å². The lowest BCUT2D eigenvalue weighted by Crippen LogP contribution is -2.20. The summed E-state index contributed by atoms with van der Waals surface area (Å²) in [5, 5.41) is 5.69. The number of rotatable bonds is 6. The molecule has 0 bridgehead atoms. The van der Waals surface area contributed by atoms with E-state index in [0.717, 1.165) is 16.7 Å². The van der Waals surface area contributed by atoms with E-state index in [0.29, 0.717) is 17.8 Å². The van der Waals surface area contributed by atoms with Gasteiger partial charge in [0.25, 0.3) is 5.91 Å². The van der Waals surface area contributed by atoms with Crippen LogP contribution in [0.5, 0.6) is 0 Å². The van der Waals surface area contributed by atoms with Gasteiger partial charge in [0, 0.05) is 30.7 Å². The highest BCUT2D eigenvalue weighted by molar-refractivity contribution is 6.04. The summed E-state index contributed by atoms with van der Waals surface area (Å²) in [7, 11) is 0. The minimum Gasteiger partial charge on any atom is -0.348 e. The summed E-state index contributed by atoms with van der Waals surface area (Å²) in [6, 6.07) is 18.7. The monoisotopic (exact) mass is 371 g/mol. The van der Waals surface area contributed by atoms with Gasteiger partial charge < -0.3 is 10.6 Å². The predicted molar refractivity (Wildman–Crippen MR) is 111 cm³/mol. The molecule has 5 nitrogen and oxygen atoms in total. The maximum absolute atomic E-state index is 12.2. The molecule has 3 aromatic rings. The molecule has 5 heteroatoms. The second-order valence-electron chi connectivity index (χ2n) is 6.30. The van der Waals surface area contributed by atoms with Crippen LogP contribution >= 0.6 is 0 Å². The average molecular weight is 371 g/mol. The highest BCUT2D eigenvalue weighted by Gasteiger charge is 2.06. The van der Waals surface area contributed by atoms with Gasteiger partial charge in [-0.2, -0.15) is 0 Å². The number of aromatic nitrogens is 1. The molecule has 28 heavy (non-hydrogen) atoms. The van der Waals surface area contributed by atoms with E-state index in [1.54, 1.807) is 30.5 Å². The van der Waals surface area contributed by atoms with E-state index in [4.69, 9.17) is 0 Å². The molecule has 140 valence electrons. The summed E-state index contributed by atoms with van der Waals surface area (Å²) in [5.41, 5.74) is 4.17. The van der Waals surface area contributed by atoms with Gasteiger partial charge in [-0.05, 0) is 54.0 Å². The fraction of sp³-hybridized carbons (Fsp3) is 0.0870. The molecule has 2 N–H and O–H groups in total. The topological polar surface area (TPSA) is 71.1 Å². The number of aryl methyl sites for hydroxylation is 1. The molecule has 0 radical (unpaired) electrons. The van der Waals surface area contributed by atoms with E-state index in [2.05, 4.69) is 15.6 Å². The Morgan fingerprint density at radius 1 is 1.04 bits per heavy atom. The Balaban J connectivity index is 1.56. The van der Waals surface area contributed by atoms with Gasteiger partial charge in [-0.3, -0.25) is 14.6 Å². The van der Waals surface area contributed by atoms with Crippen LogP contribution in [-0.4, -0.2) is 16.8 Å². The lowest BCUT2D eigenvalue weighted by molar-refractivity contribution is -0.116. The Kier molecular flexibility index (Phi) is 6.31. The van der Waals surface area contributed by atoms with Crippen molar-refractivity contribution in [1.82, 2.24) is 10.3 Å². The van der Waals surface area contributed by atoms with Crippen molar-refractivity contribution in [3.8, 4) is 0 Å². The first-order valence-electron chi connectivity index (χ1n) is 8.94. The van der Waals surface area contributed by atoms with Gasteiger partial charge in [0.05, 0.1) is 5.56 Å². The largest absolute Gasteiger partial charge is 0.348 e. The van der Waals surface area contributed by atoms with E-state index in [1.807, 2.05) is 49.4 Å². The van der Waals surface area contributed by atoms with Crippen molar-refractivity contribution in [2.24, 2.45) is 0 Å². The Morgan fingerprint density at radius 3 is 2.68 bits per heavy atom. The van der Waals surface area contributed by atoms with E-state index in [9.17, 15) is 9.59 Å². The van der Waals surface area contributed by atoms with Crippen LogP contribution in [0.15, 0.2) is 79.1 Å². The molecule has 0 saturated carbocycles. The Labute approximate surface area is 164 Å². The number of anilines is 1. The van der Waals surface area contributed by atoms with Gasteiger partial charge in [0.2, 0.25) is 5.91 Å². The lowest BCUT2D eigenvalue weighted by atomic mass is 10.1. The van der Waals surface area contributed by atoms with Crippen LogP contribution in [0.1, 0.15) is 27.0 Å². The molecule has 2 amide bonds. The van der Waals surface area contributed by atoms with Crippen molar-refractivity contribution in [3.05, 3.63) is 101 Å². The number of pyridine rings is 1. The number of nitrogens with zero attached hydrogens (tertiary/aromatic N) is 1. The molecule has 0 saturated heterocycles. The van der Waals surface area contributed by atoms with Crippen LogP contribution < -0.4 is 10.6 Å². The van der Waals surface area contributed by atoms with Crippen LogP contribution in [0.3, 0.4) is 0 Å². The second-order valence-corrected chi connectivity index (χ2v) is 6.30. The third kappa shape index (κ3) is 5.38. The summed E-state index contributed by atoms with van der Waals surface area (Å²) < 4.78 is 0. The first kappa shape index (κ1) is 19.0. The molecule has 0 aliphatic carbocycles. The minimum atomic E-state index is -0.226. The molecule has 1 aromatic heterocycles. The van der Waals surface area contributed by atoms with Crippen molar-refractivity contribution in [3.63, 3.8) is 0 Å². The fourth-order valence-electron chi connectivity index (χ4n) is 2.65. The third-order valence-electron chi connectivity index (χ3n) is 4.18. The molecule has 2 aromatic carbocycles. The molecular formula is C23H21N3O2. The van der Waals surface area contributed by atoms with Gasteiger partial charge in [0.15, 0.2) is 0 Å². The van der Waals surface area contributed by atoms with E-state index >= 15 is 0 Å². The minimum absolute atomic E-state index is 0.173. The summed E-state index contributed by atoms with van der Waals surface area (Å²) in [5.74, 6) is -0.400. The summed E-state index contributed by atoms with van der Waals surface area (Å²) in [4.78, 5) is 28.2. The Bertz CT molecular complexity index is 997. The predicted octanol–water partition coefficient (Wildman–Crippen LogP) is 3.97. The second kappa shape index (κ2) is 9.28. The number of carbonyl (C=O) groups is 2. The van der Waals surface area contributed by atoms with E-state index in [1.165, 1.54) is 12.3 Å². The summed E-state index contributed by atoms with van der Waals surface area (Å²) >= 11 is 0. The zero-order valence-electron chi connectivity index (χ0n) is 15.6. The molecule has 0 atom stereocenters. The summed E-state index contributed by atoms with van der Waals surface area (Å²) in [6.07, 6.45) is 6.46. The number of amides is 2. The van der Waals surface area contributed by atoms with Crippen LogP contribution in [0.25, 0.3) is 6.08 Å². The molecular weight excluding hydrogens is 350 g/mol. The SMILES string of the molecule is Cc1ccccc1/C=C/C(=O)NCc1cccc(NC(=O)c2cccnc2)c1. The average Bonchev–Trinajstić information content (AvgIpc) is 2.72. The Hall–Kier alpha value is -3.73. The van der Waals surface area contributed by atoms with Crippen molar-refractivity contribution >= 4 is 23.6 Å². The van der Waals surface area contributed by atoms with Crippen molar-refractivity contribution in [2.75, 3.05) is 5.32 Å². The standard InChI is InChI=1S/C23H21N3O2/c1-17-6-2-3-8-19(17)11-12-22(27)25-15-18-7-4-10-21(14-18)26-23(28)20-9-5-13-24-16-20/h2-14,16H,15H2,1H3,(H,25,27)(H,26,28)/b12-11+. The van der Waals surface area contributed by atoms with Gasteiger partial charge in [-0.1, -0.05) is 36.4 Å². The smallest absolute Gasteiger partial charge is 0.257 e. The molecule has 0 aliphatic rings. The van der Waals surface area contributed by atoms with Gasteiger partial charge in [0.1, 0.15) is 0 Å². The van der Waals surface area contributed by atoms with Gasteiger partial charge in [-0.15, -0.1) is 0 Å². The summed E-state index contributed by atoms with van der Waals surface area (Å²) in [6.45, 7) is 2.37. The first-order valence-corrected chi connectivity index (χ1v) is 8.94. The zero-order chi connectivity index (χ0) is 19.8. The van der Waals surface area contributed by atoms with E-state index in [-0.39, 0.29) is 11.8 Å². The highest BCUT2D eigenvalue weighted by Crippen LogP contribution is 2.12. The normalized spacial score (nSPS) is 10.6. The molecule has 3 rings (SSSR count). The first-order chi connectivity index (χ1) is 13.6. The number of benzene rings is 2. The van der Waals surface area contributed by atoms with Crippen LogP contribution in [0.4, 0.5) is 5.69 Å². The number of hydrogen-bond donors (Lipinski definition) is 2. The number of carbonyl (C=O) groups excluding carboxylic acids is 2. The van der Waals surface area contributed by atoms with Crippen LogP contribution in [-0.2, 0) is 11.3 Å². The molecule has 0 aliphatic heterocycles. The quantitative estimate of drug-likeness (QED) is 0.644. The van der Waals surface area contributed by atoms with Crippen molar-refractivity contribution in [1.29, 1.82) is 0 Å². The van der Waals surface area contributed by atoms with Crippen LogP contribution in [0, 0.1) is 6.92 Å². The lowest BCUT2D eigenvalue weighted by Gasteiger charge is -2.08. The molecule has 0 fully saturated rings. The Morgan fingerprint density at radius 2 is 1.89 bits per heavy atom. The molecule has 0 spiro atoms. The molecule has 1 heterocycles. The number of hydrogen-bond acceptors (Lipinski definition) is 3. The third-order valence-corrected chi connectivity index (χ3v) is 4.18.